The lowest BCUT2D eigenvalue weighted by atomic mass is 9.63. The molecule has 1 heterocycles. The molecule has 1 amide bonds. The highest BCUT2D eigenvalue weighted by Crippen LogP contribution is 2.46. The minimum atomic E-state index is -0.772. The molecule has 2 aliphatic rings. The number of carbonyl (C=O) groups excluding carboxylic acids is 3. The molecule has 1 saturated carbocycles. The number of nitriles is 1. The van der Waals surface area contributed by atoms with Crippen LogP contribution in [0.4, 0.5) is 4.39 Å². The maximum absolute atomic E-state index is 13.3. The van der Waals surface area contributed by atoms with Crippen LogP contribution in [0.25, 0.3) is 11.1 Å². The molecule has 5 nitrogen and oxygen atoms in total. The van der Waals surface area contributed by atoms with Crippen molar-refractivity contribution < 1.29 is 18.8 Å². The first-order valence-electron chi connectivity index (χ1n) is 10.8. The van der Waals surface area contributed by atoms with E-state index in [1.165, 1.54) is 12.1 Å². The maximum atomic E-state index is 13.3. The molecule has 1 aliphatic carbocycles. The van der Waals surface area contributed by atoms with E-state index in [1.807, 2.05) is 32.0 Å². The normalized spacial score (nSPS) is 17.9. The molecule has 0 N–H and O–H groups in total. The number of amides is 1. The average Bonchev–Trinajstić information content (AvgIpc) is 2.71. The number of likely N-dealkylation sites (tertiary alicyclic amines) is 1. The Morgan fingerprint density at radius 1 is 1.06 bits per heavy atom. The van der Waals surface area contributed by atoms with Gasteiger partial charge in [0.25, 0.3) is 0 Å². The second-order valence-corrected chi connectivity index (χ2v) is 9.16. The number of carbonyl (C=O) groups is 3. The van der Waals surface area contributed by atoms with Gasteiger partial charge in [-0.1, -0.05) is 24.3 Å². The fourth-order valence-electron chi connectivity index (χ4n) is 5.23. The fourth-order valence-corrected chi connectivity index (χ4v) is 5.23. The molecule has 2 fully saturated rings. The van der Waals surface area contributed by atoms with Crippen molar-refractivity contribution in [2.75, 3.05) is 13.1 Å². The van der Waals surface area contributed by atoms with Crippen LogP contribution in [0.5, 0.6) is 0 Å². The van der Waals surface area contributed by atoms with Gasteiger partial charge < -0.3 is 4.90 Å². The molecule has 32 heavy (non-hydrogen) atoms. The van der Waals surface area contributed by atoms with E-state index in [4.69, 9.17) is 5.26 Å². The predicted octanol–water partition coefficient (Wildman–Crippen LogP) is 4.26. The van der Waals surface area contributed by atoms with Crippen molar-refractivity contribution in [3.05, 3.63) is 58.9 Å². The lowest BCUT2D eigenvalue weighted by Gasteiger charge is -2.52. The Morgan fingerprint density at radius 3 is 2.16 bits per heavy atom. The van der Waals surface area contributed by atoms with Crippen molar-refractivity contribution in [1.29, 1.82) is 5.26 Å². The Kier molecular flexibility index (Phi) is 5.68. The number of hydrogen-bond acceptors (Lipinski definition) is 4. The van der Waals surface area contributed by atoms with Crippen LogP contribution in [-0.2, 0) is 14.4 Å². The number of halogens is 1. The molecule has 0 aromatic heterocycles. The van der Waals surface area contributed by atoms with Crippen molar-refractivity contribution in [2.24, 2.45) is 5.41 Å². The zero-order valence-corrected chi connectivity index (χ0v) is 18.3. The van der Waals surface area contributed by atoms with E-state index >= 15 is 0 Å². The fraction of sp³-hybridized carbons (Fsp3) is 0.385. The summed E-state index contributed by atoms with van der Waals surface area (Å²) >= 11 is 0. The van der Waals surface area contributed by atoms with Gasteiger partial charge in [0.15, 0.2) is 0 Å². The highest BCUT2D eigenvalue weighted by molar-refractivity contribution is 6.11. The van der Waals surface area contributed by atoms with E-state index < -0.39 is 11.3 Å². The Morgan fingerprint density at radius 2 is 1.62 bits per heavy atom. The predicted molar refractivity (Wildman–Crippen MR) is 117 cm³/mol. The molecule has 1 saturated heterocycles. The number of ketones is 2. The first kappa shape index (κ1) is 21.9. The van der Waals surface area contributed by atoms with Crippen LogP contribution in [0.2, 0.25) is 0 Å². The average molecular weight is 432 g/mol. The molecule has 0 bridgehead atoms. The molecule has 4 rings (SSSR count). The zero-order chi connectivity index (χ0) is 23.0. The molecule has 6 heteroatoms. The largest absolute Gasteiger partial charge is 0.341 e. The Bertz CT molecular complexity index is 1100. The van der Waals surface area contributed by atoms with Crippen LogP contribution >= 0.6 is 0 Å². The smallest absolute Gasteiger partial charge is 0.223 e. The summed E-state index contributed by atoms with van der Waals surface area (Å²) in [7, 11) is 0. The molecular weight excluding hydrogens is 407 g/mol. The summed E-state index contributed by atoms with van der Waals surface area (Å²) in [5.74, 6) is -1.35. The first-order chi connectivity index (χ1) is 15.2. The second kappa shape index (κ2) is 8.31. The van der Waals surface area contributed by atoms with Crippen molar-refractivity contribution in [2.45, 2.75) is 45.4 Å². The summed E-state index contributed by atoms with van der Waals surface area (Å²) in [6.45, 7) is 4.62. The van der Waals surface area contributed by atoms with E-state index in [0.29, 0.717) is 13.1 Å². The van der Waals surface area contributed by atoms with Crippen LogP contribution in [0.15, 0.2) is 36.4 Å². The van der Waals surface area contributed by atoms with Gasteiger partial charge in [-0.3, -0.25) is 14.4 Å². The monoisotopic (exact) mass is 432 g/mol. The molecule has 0 unspecified atom stereocenters. The zero-order valence-electron chi connectivity index (χ0n) is 18.3. The number of rotatable bonds is 4. The van der Waals surface area contributed by atoms with E-state index in [-0.39, 0.29) is 49.0 Å². The van der Waals surface area contributed by atoms with Crippen LogP contribution in [0, 0.1) is 36.4 Å². The molecule has 0 radical (unpaired) electrons. The standard InChI is InChI=1S/C26H25FN2O3/c1-16-10-19(18-5-7-20(27)8-6-18)11-17(2)24(16)25-21(30)12-26(13-22(25)31)14-29(15-26)23(32)4-3-9-28/h5-8,10-11,25H,3-4,12-15H2,1-2H3. The number of nitrogens with zero attached hydrogens (tertiary/aromatic N) is 2. The number of hydrogen-bond donors (Lipinski definition) is 0. The lowest BCUT2D eigenvalue weighted by Crippen LogP contribution is -2.62. The molecule has 0 atom stereocenters. The third kappa shape index (κ3) is 3.95. The molecule has 1 aliphatic heterocycles. The molecule has 2 aromatic rings. The van der Waals surface area contributed by atoms with Crippen molar-refractivity contribution >= 4 is 17.5 Å². The highest BCUT2D eigenvalue weighted by atomic mass is 19.1. The molecule has 164 valence electrons. The molecular formula is C26H25FN2O3. The van der Waals surface area contributed by atoms with Crippen molar-refractivity contribution in [3.8, 4) is 17.2 Å². The van der Waals surface area contributed by atoms with Gasteiger partial charge in [0.2, 0.25) is 5.91 Å². The minimum absolute atomic E-state index is 0.0916. The maximum Gasteiger partial charge on any atom is 0.223 e. The Hall–Kier alpha value is -3.33. The van der Waals surface area contributed by atoms with Crippen LogP contribution in [0.1, 0.15) is 48.3 Å². The van der Waals surface area contributed by atoms with Gasteiger partial charge in [0, 0.05) is 44.2 Å². The van der Waals surface area contributed by atoms with Crippen LogP contribution < -0.4 is 0 Å². The number of benzene rings is 2. The van der Waals surface area contributed by atoms with Gasteiger partial charge in [0.05, 0.1) is 6.07 Å². The van der Waals surface area contributed by atoms with E-state index in [2.05, 4.69) is 0 Å². The summed E-state index contributed by atoms with van der Waals surface area (Å²) in [5, 5.41) is 8.65. The van der Waals surface area contributed by atoms with Gasteiger partial charge >= 0.3 is 0 Å². The van der Waals surface area contributed by atoms with Gasteiger partial charge in [-0.05, 0) is 53.8 Å². The van der Waals surface area contributed by atoms with E-state index in [9.17, 15) is 18.8 Å². The summed E-state index contributed by atoms with van der Waals surface area (Å²) in [6, 6.07) is 12.1. The van der Waals surface area contributed by atoms with Gasteiger partial charge in [0.1, 0.15) is 23.3 Å². The number of aryl methyl sites for hydroxylation is 2. The van der Waals surface area contributed by atoms with Gasteiger partial charge in [-0.2, -0.15) is 5.26 Å². The van der Waals surface area contributed by atoms with Crippen LogP contribution in [-0.4, -0.2) is 35.5 Å². The summed E-state index contributed by atoms with van der Waals surface area (Å²) in [4.78, 5) is 40.0. The summed E-state index contributed by atoms with van der Waals surface area (Å²) < 4.78 is 13.3. The molecule has 2 aromatic carbocycles. The summed E-state index contributed by atoms with van der Waals surface area (Å²) in [6.07, 6.45) is 0.915. The SMILES string of the molecule is Cc1cc(-c2ccc(F)cc2)cc(C)c1C1C(=O)CC2(CC1=O)CN(C(=O)CCC#N)C2. The first-order valence-corrected chi connectivity index (χ1v) is 10.8. The van der Waals surface area contributed by atoms with E-state index in [0.717, 1.165) is 27.8 Å². The summed E-state index contributed by atoms with van der Waals surface area (Å²) in [5.41, 5.74) is 3.84. The minimum Gasteiger partial charge on any atom is -0.341 e. The van der Waals surface area contributed by atoms with Crippen LogP contribution in [0.3, 0.4) is 0 Å². The quantitative estimate of drug-likeness (QED) is 0.677. The highest BCUT2D eigenvalue weighted by Gasteiger charge is 2.53. The number of Topliss-reactive ketones (excluding diaryl/α,β-unsaturated/α-hetero) is 2. The van der Waals surface area contributed by atoms with Gasteiger partial charge in [-0.25, -0.2) is 4.39 Å². The lowest BCUT2D eigenvalue weighted by molar-refractivity contribution is -0.154. The Balaban J connectivity index is 1.53. The van der Waals surface area contributed by atoms with Crippen molar-refractivity contribution in [1.82, 2.24) is 4.90 Å². The van der Waals surface area contributed by atoms with Crippen molar-refractivity contribution in [3.63, 3.8) is 0 Å². The third-order valence-electron chi connectivity index (χ3n) is 6.66. The topological polar surface area (TPSA) is 78.2 Å². The van der Waals surface area contributed by atoms with E-state index in [1.54, 1.807) is 17.0 Å². The Labute approximate surface area is 186 Å². The van der Waals surface area contributed by atoms with Gasteiger partial charge in [-0.15, -0.1) is 0 Å². The second-order valence-electron chi connectivity index (χ2n) is 9.16. The third-order valence-corrected chi connectivity index (χ3v) is 6.66. The molecule has 1 spiro atoms.